The quantitative estimate of drug-likeness (QED) is 0.788. The van der Waals surface area contributed by atoms with Crippen LogP contribution in [0.3, 0.4) is 0 Å². The SMILES string of the molecule is CC(=O)C(Cc1ccccc1Cl)CN(C)C. The first kappa shape index (κ1) is 13.2. The number of nitrogens with zero attached hydrogens (tertiary/aromatic N) is 1. The number of carbonyl (C=O) groups excluding carboxylic acids is 1. The van der Waals surface area contributed by atoms with E-state index in [0.717, 1.165) is 17.1 Å². The second-order valence-electron chi connectivity index (χ2n) is 4.37. The van der Waals surface area contributed by atoms with Crippen molar-refractivity contribution in [1.29, 1.82) is 0 Å². The smallest absolute Gasteiger partial charge is 0.134 e. The van der Waals surface area contributed by atoms with Crippen LogP contribution >= 0.6 is 11.6 Å². The summed E-state index contributed by atoms with van der Waals surface area (Å²) in [5, 5.41) is 0.743. The molecule has 0 aliphatic carbocycles. The van der Waals surface area contributed by atoms with Gasteiger partial charge in [-0.1, -0.05) is 29.8 Å². The average molecular weight is 240 g/mol. The van der Waals surface area contributed by atoms with Gasteiger partial charge in [0.2, 0.25) is 0 Å². The Labute approximate surface area is 102 Å². The fourth-order valence-corrected chi connectivity index (χ4v) is 1.92. The number of benzene rings is 1. The molecule has 1 unspecified atom stereocenters. The van der Waals surface area contributed by atoms with Crippen LogP contribution in [0.1, 0.15) is 12.5 Å². The molecule has 0 spiro atoms. The zero-order valence-electron chi connectivity index (χ0n) is 10.0. The van der Waals surface area contributed by atoms with Gasteiger partial charge in [0.1, 0.15) is 5.78 Å². The summed E-state index contributed by atoms with van der Waals surface area (Å²) in [6.45, 7) is 2.41. The van der Waals surface area contributed by atoms with Gasteiger partial charge in [-0.25, -0.2) is 0 Å². The molecule has 1 aromatic rings. The minimum Gasteiger partial charge on any atom is -0.309 e. The maximum Gasteiger partial charge on any atom is 0.134 e. The van der Waals surface area contributed by atoms with Crippen LogP contribution in [-0.4, -0.2) is 31.3 Å². The molecule has 3 heteroatoms. The van der Waals surface area contributed by atoms with E-state index in [1.165, 1.54) is 0 Å². The molecule has 88 valence electrons. The van der Waals surface area contributed by atoms with Crippen LogP contribution in [0.4, 0.5) is 0 Å². The van der Waals surface area contributed by atoms with E-state index in [1.807, 2.05) is 43.3 Å². The Hall–Kier alpha value is -0.860. The van der Waals surface area contributed by atoms with Crippen molar-refractivity contribution in [3.8, 4) is 0 Å². The molecule has 0 N–H and O–H groups in total. The molecular weight excluding hydrogens is 222 g/mol. The highest BCUT2D eigenvalue weighted by Gasteiger charge is 2.16. The van der Waals surface area contributed by atoms with Gasteiger partial charge in [0.25, 0.3) is 0 Å². The molecule has 0 radical (unpaired) electrons. The third-order valence-electron chi connectivity index (χ3n) is 2.58. The molecular formula is C13H18ClNO. The van der Waals surface area contributed by atoms with Crippen LogP contribution in [0.5, 0.6) is 0 Å². The molecule has 1 aromatic carbocycles. The van der Waals surface area contributed by atoms with Gasteiger partial charge in [0.15, 0.2) is 0 Å². The Morgan fingerprint density at radius 2 is 2.00 bits per heavy atom. The van der Waals surface area contributed by atoms with Crippen molar-refractivity contribution in [2.45, 2.75) is 13.3 Å². The molecule has 2 nitrogen and oxygen atoms in total. The van der Waals surface area contributed by atoms with Crippen LogP contribution in [0.2, 0.25) is 5.02 Å². The molecule has 16 heavy (non-hydrogen) atoms. The van der Waals surface area contributed by atoms with Crippen molar-refractivity contribution in [1.82, 2.24) is 4.90 Å². The van der Waals surface area contributed by atoms with Crippen LogP contribution in [-0.2, 0) is 11.2 Å². The van der Waals surface area contributed by atoms with Gasteiger partial charge in [-0.3, -0.25) is 4.79 Å². The third-order valence-corrected chi connectivity index (χ3v) is 2.95. The Bertz CT molecular complexity index is 363. The number of ketones is 1. The predicted octanol–water partition coefficient (Wildman–Crippen LogP) is 2.65. The molecule has 0 heterocycles. The van der Waals surface area contributed by atoms with Crippen molar-refractivity contribution in [3.05, 3.63) is 34.9 Å². The highest BCUT2D eigenvalue weighted by Crippen LogP contribution is 2.19. The fraction of sp³-hybridized carbons (Fsp3) is 0.462. The predicted molar refractivity (Wildman–Crippen MR) is 67.9 cm³/mol. The molecule has 1 rings (SSSR count). The van der Waals surface area contributed by atoms with Crippen LogP contribution in [0.15, 0.2) is 24.3 Å². The van der Waals surface area contributed by atoms with E-state index in [1.54, 1.807) is 6.92 Å². The number of hydrogen-bond acceptors (Lipinski definition) is 2. The lowest BCUT2D eigenvalue weighted by Gasteiger charge is -2.19. The van der Waals surface area contributed by atoms with Crippen molar-refractivity contribution in [3.63, 3.8) is 0 Å². The minimum absolute atomic E-state index is 0.0231. The number of hydrogen-bond donors (Lipinski definition) is 0. The van der Waals surface area contributed by atoms with E-state index in [-0.39, 0.29) is 11.7 Å². The van der Waals surface area contributed by atoms with Gasteiger partial charge < -0.3 is 4.90 Å². The molecule has 0 aliphatic heterocycles. The number of halogens is 1. The topological polar surface area (TPSA) is 20.3 Å². The van der Waals surface area contributed by atoms with Gasteiger partial charge >= 0.3 is 0 Å². The standard InChI is InChI=1S/C13H18ClNO/c1-10(16)12(9-15(2)3)8-11-6-4-5-7-13(11)14/h4-7,12H,8-9H2,1-3H3. The largest absolute Gasteiger partial charge is 0.309 e. The zero-order valence-corrected chi connectivity index (χ0v) is 10.8. The molecule has 0 aliphatic rings. The van der Waals surface area contributed by atoms with Crippen molar-refractivity contribution in [2.24, 2.45) is 5.92 Å². The second kappa shape index (κ2) is 6.02. The zero-order chi connectivity index (χ0) is 12.1. The number of Topliss-reactive ketones (excluding diaryl/α,β-unsaturated/α-hetero) is 1. The Morgan fingerprint density at radius 3 is 2.50 bits per heavy atom. The molecule has 0 fully saturated rings. The summed E-state index contributed by atoms with van der Waals surface area (Å²) in [6.07, 6.45) is 0.715. The highest BCUT2D eigenvalue weighted by molar-refractivity contribution is 6.31. The molecule has 0 saturated heterocycles. The summed E-state index contributed by atoms with van der Waals surface area (Å²) in [5.74, 6) is 0.239. The molecule has 0 aromatic heterocycles. The summed E-state index contributed by atoms with van der Waals surface area (Å²) in [4.78, 5) is 13.6. The summed E-state index contributed by atoms with van der Waals surface area (Å²) in [6, 6.07) is 7.70. The molecule has 1 atom stereocenters. The molecule has 0 saturated carbocycles. The summed E-state index contributed by atoms with van der Waals surface area (Å²) in [5.41, 5.74) is 1.05. The average Bonchev–Trinajstić information content (AvgIpc) is 2.19. The van der Waals surface area contributed by atoms with Crippen LogP contribution < -0.4 is 0 Å². The maximum absolute atomic E-state index is 11.5. The number of carbonyl (C=O) groups is 1. The van der Waals surface area contributed by atoms with Crippen molar-refractivity contribution in [2.75, 3.05) is 20.6 Å². The summed E-state index contributed by atoms with van der Waals surface area (Å²) >= 11 is 6.08. The maximum atomic E-state index is 11.5. The first-order valence-corrected chi connectivity index (χ1v) is 5.77. The lowest BCUT2D eigenvalue weighted by molar-refractivity contribution is -0.121. The Kier molecular flexibility index (Phi) is 4.97. The van der Waals surface area contributed by atoms with E-state index < -0.39 is 0 Å². The molecule has 0 amide bonds. The summed E-state index contributed by atoms with van der Waals surface area (Å²) in [7, 11) is 3.95. The monoisotopic (exact) mass is 239 g/mol. The van der Waals surface area contributed by atoms with Gasteiger partial charge in [-0.2, -0.15) is 0 Å². The van der Waals surface area contributed by atoms with E-state index in [9.17, 15) is 4.79 Å². The van der Waals surface area contributed by atoms with E-state index >= 15 is 0 Å². The minimum atomic E-state index is 0.0231. The summed E-state index contributed by atoms with van der Waals surface area (Å²) < 4.78 is 0. The van der Waals surface area contributed by atoms with Gasteiger partial charge in [0, 0.05) is 17.5 Å². The van der Waals surface area contributed by atoms with Crippen molar-refractivity contribution < 1.29 is 4.79 Å². The Morgan fingerprint density at radius 1 is 1.38 bits per heavy atom. The first-order valence-electron chi connectivity index (χ1n) is 5.39. The van der Waals surface area contributed by atoms with E-state index in [4.69, 9.17) is 11.6 Å². The van der Waals surface area contributed by atoms with Crippen LogP contribution in [0, 0.1) is 5.92 Å². The number of rotatable bonds is 5. The second-order valence-corrected chi connectivity index (χ2v) is 4.77. The third kappa shape index (κ3) is 3.95. The van der Waals surface area contributed by atoms with Gasteiger partial charge in [-0.05, 0) is 39.1 Å². The Balaban J connectivity index is 2.76. The van der Waals surface area contributed by atoms with Gasteiger partial charge in [-0.15, -0.1) is 0 Å². The fourth-order valence-electron chi connectivity index (χ4n) is 1.71. The van der Waals surface area contributed by atoms with E-state index in [0.29, 0.717) is 6.42 Å². The van der Waals surface area contributed by atoms with Crippen LogP contribution in [0.25, 0.3) is 0 Å². The molecule has 0 bridgehead atoms. The lowest BCUT2D eigenvalue weighted by atomic mass is 9.95. The normalized spacial score (nSPS) is 12.8. The lowest BCUT2D eigenvalue weighted by Crippen LogP contribution is -2.28. The van der Waals surface area contributed by atoms with E-state index in [2.05, 4.69) is 0 Å². The van der Waals surface area contributed by atoms with Gasteiger partial charge in [0.05, 0.1) is 0 Å². The van der Waals surface area contributed by atoms with Crippen molar-refractivity contribution >= 4 is 17.4 Å². The first-order chi connectivity index (χ1) is 7.50. The highest BCUT2D eigenvalue weighted by atomic mass is 35.5.